The molecule has 0 aliphatic carbocycles. The van der Waals surface area contributed by atoms with E-state index in [1.807, 2.05) is 7.05 Å². The third-order valence-corrected chi connectivity index (χ3v) is 2.77. The van der Waals surface area contributed by atoms with Gasteiger partial charge in [-0.1, -0.05) is 0 Å². The highest BCUT2D eigenvalue weighted by molar-refractivity contribution is 5.93. The monoisotopic (exact) mass is 208 g/mol. The summed E-state index contributed by atoms with van der Waals surface area (Å²) in [6.07, 6.45) is 5.37. The normalized spacial score (nSPS) is 20.5. The maximum atomic E-state index is 11.8. The summed E-state index contributed by atoms with van der Waals surface area (Å²) in [7, 11) is 1.83. The first kappa shape index (κ1) is 10.2. The first-order valence-electron chi connectivity index (χ1n) is 5.28. The van der Waals surface area contributed by atoms with Crippen LogP contribution in [-0.2, 0) is 0 Å². The van der Waals surface area contributed by atoms with Crippen molar-refractivity contribution in [2.45, 2.75) is 18.9 Å². The molecule has 1 unspecified atom stereocenters. The second kappa shape index (κ2) is 4.49. The van der Waals surface area contributed by atoms with Gasteiger partial charge in [0.15, 0.2) is 0 Å². The third-order valence-electron chi connectivity index (χ3n) is 2.77. The van der Waals surface area contributed by atoms with E-state index in [0.717, 1.165) is 19.5 Å². The van der Waals surface area contributed by atoms with Crippen molar-refractivity contribution in [3.05, 3.63) is 24.2 Å². The number of likely N-dealkylation sites (N-methyl/N-ethyl adjacent to an activating group) is 1. The molecular formula is C11H16N2O2. The van der Waals surface area contributed by atoms with E-state index in [9.17, 15) is 4.79 Å². The molecule has 2 heterocycles. The molecule has 1 N–H and O–H groups in total. The number of nitrogens with zero attached hydrogens (tertiary/aromatic N) is 1. The lowest BCUT2D eigenvalue weighted by Crippen LogP contribution is -2.38. The summed E-state index contributed by atoms with van der Waals surface area (Å²) in [5.41, 5.74) is 0.621. The summed E-state index contributed by atoms with van der Waals surface area (Å²) in [5, 5.41) is 3.37. The van der Waals surface area contributed by atoms with Gasteiger partial charge >= 0.3 is 0 Å². The largest absolute Gasteiger partial charge is 0.472 e. The number of hydrogen-bond donors (Lipinski definition) is 1. The summed E-state index contributed by atoms with van der Waals surface area (Å²) in [4.78, 5) is 13.6. The predicted molar refractivity (Wildman–Crippen MR) is 56.7 cm³/mol. The Labute approximate surface area is 89.2 Å². The second-order valence-electron chi connectivity index (χ2n) is 3.99. The molecule has 1 aliphatic rings. The predicted octanol–water partition coefficient (Wildman–Crippen LogP) is 1.10. The molecule has 1 aromatic rings. The molecule has 0 aromatic carbocycles. The van der Waals surface area contributed by atoms with Crippen LogP contribution >= 0.6 is 0 Å². The number of hydrogen-bond acceptors (Lipinski definition) is 3. The van der Waals surface area contributed by atoms with E-state index >= 15 is 0 Å². The fourth-order valence-electron chi connectivity index (χ4n) is 1.93. The van der Waals surface area contributed by atoms with Crippen molar-refractivity contribution < 1.29 is 9.21 Å². The minimum atomic E-state index is 0.0254. The highest BCUT2D eigenvalue weighted by Gasteiger charge is 2.19. The minimum Gasteiger partial charge on any atom is -0.472 e. The minimum absolute atomic E-state index is 0.0254. The molecule has 4 heteroatoms. The zero-order valence-corrected chi connectivity index (χ0v) is 8.90. The maximum Gasteiger partial charge on any atom is 0.256 e. The van der Waals surface area contributed by atoms with E-state index < -0.39 is 0 Å². The Morgan fingerprint density at radius 2 is 2.60 bits per heavy atom. The lowest BCUT2D eigenvalue weighted by Gasteiger charge is -2.20. The van der Waals surface area contributed by atoms with Crippen molar-refractivity contribution in [2.24, 2.45) is 0 Å². The van der Waals surface area contributed by atoms with E-state index in [0.29, 0.717) is 11.6 Å². The van der Waals surface area contributed by atoms with Crippen LogP contribution in [0.3, 0.4) is 0 Å². The maximum absolute atomic E-state index is 11.8. The van der Waals surface area contributed by atoms with Crippen LogP contribution in [0, 0.1) is 0 Å². The smallest absolute Gasteiger partial charge is 0.256 e. The zero-order chi connectivity index (χ0) is 10.7. The molecule has 4 nitrogen and oxygen atoms in total. The molecule has 1 aromatic heterocycles. The van der Waals surface area contributed by atoms with E-state index in [-0.39, 0.29) is 5.91 Å². The topological polar surface area (TPSA) is 45.5 Å². The first-order chi connectivity index (χ1) is 7.27. The summed E-state index contributed by atoms with van der Waals surface area (Å²) in [6.45, 7) is 1.84. The molecule has 15 heavy (non-hydrogen) atoms. The van der Waals surface area contributed by atoms with E-state index in [1.54, 1.807) is 11.0 Å². The van der Waals surface area contributed by atoms with Crippen LogP contribution < -0.4 is 5.32 Å². The molecule has 1 saturated heterocycles. The number of rotatable bonds is 3. The number of amides is 1. The molecule has 1 fully saturated rings. The van der Waals surface area contributed by atoms with Gasteiger partial charge in [0, 0.05) is 19.6 Å². The van der Waals surface area contributed by atoms with Crippen LogP contribution in [0.1, 0.15) is 23.2 Å². The summed E-state index contributed by atoms with van der Waals surface area (Å²) in [6, 6.07) is 2.15. The molecule has 0 spiro atoms. The van der Waals surface area contributed by atoms with Gasteiger partial charge in [-0.05, 0) is 25.5 Å². The molecule has 0 radical (unpaired) electrons. The molecular weight excluding hydrogens is 192 g/mol. The van der Waals surface area contributed by atoms with E-state index in [1.165, 1.54) is 18.9 Å². The highest BCUT2D eigenvalue weighted by atomic mass is 16.3. The Bertz CT molecular complexity index is 315. The fraction of sp³-hybridized carbons (Fsp3) is 0.545. The van der Waals surface area contributed by atoms with Crippen molar-refractivity contribution in [1.29, 1.82) is 0 Å². The third kappa shape index (κ3) is 2.39. The molecule has 1 atom stereocenters. The highest BCUT2D eigenvalue weighted by Crippen LogP contribution is 2.09. The summed E-state index contributed by atoms with van der Waals surface area (Å²) >= 11 is 0. The van der Waals surface area contributed by atoms with Gasteiger partial charge in [-0.25, -0.2) is 0 Å². The quantitative estimate of drug-likeness (QED) is 0.809. The van der Waals surface area contributed by atoms with Gasteiger partial charge in [-0.15, -0.1) is 0 Å². The number of carbonyl (C=O) groups excluding carboxylic acids is 1. The van der Waals surface area contributed by atoms with Crippen molar-refractivity contribution >= 4 is 5.91 Å². The zero-order valence-electron chi connectivity index (χ0n) is 8.90. The van der Waals surface area contributed by atoms with E-state index in [4.69, 9.17) is 4.42 Å². The summed E-state index contributed by atoms with van der Waals surface area (Å²) < 4.78 is 4.89. The Morgan fingerprint density at radius 3 is 3.20 bits per heavy atom. The molecule has 1 aliphatic heterocycles. The number of furan rings is 1. The molecule has 0 bridgehead atoms. The van der Waals surface area contributed by atoms with Gasteiger partial charge in [-0.3, -0.25) is 4.79 Å². The van der Waals surface area contributed by atoms with Gasteiger partial charge in [0.1, 0.15) is 6.26 Å². The van der Waals surface area contributed by atoms with Crippen LogP contribution in [0.4, 0.5) is 0 Å². The Morgan fingerprint density at radius 1 is 1.73 bits per heavy atom. The van der Waals surface area contributed by atoms with Crippen LogP contribution in [0.2, 0.25) is 0 Å². The van der Waals surface area contributed by atoms with Crippen molar-refractivity contribution in [2.75, 3.05) is 20.1 Å². The lowest BCUT2D eigenvalue weighted by molar-refractivity contribution is 0.0783. The summed E-state index contributed by atoms with van der Waals surface area (Å²) in [5.74, 6) is 0.0254. The van der Waals surface area contributed by atoms with Gasteiger partial charge in [0.05, 0.1) is 11.8 Å². The SMILES string of the molecule is CN(CC1CCCN1)C(=O)c1ccoc1. The second-order valence-corrected chi connectivity index (χ2v) is 3.99. The Kier molecular flexibility index (Phi) is 3.06. The first-order valence-corrected chi connectivity index (χ1v) is 5.28. The van der Waals surface area contributed by atoms with Gasteiger partial charge in [-0.2, -0.15) is 0 Å². The lowest BCUT2D eigenvalue weighted by atomic mass is 10.2. The number of carbonyl (C=O) groups is 1. The molecule has 2 rings (SSSR count). The van der Waals surface area contributed by atoms with Crippen molar-refractivity contribution in [3.8, 4) is 0 Å². The van der Waals surface area contributed by atoms with Crippen molar-refractivity contribution in [1.82, 2.24) is 10.2 Å². The Hall–Kier alpha value is -1.29. The van der Waals surface area contributed by atoms with Crippen LogP contribution in [-0.4, -0.2) is 37.0 Å². The van der Waals surface area contributed by atoms with Crippen LogP contribution in [0.5, 0.6) is 0 Å². The fourth-order valence-corrected chi connectivity index (χ4v) is 1.93. The average Bonchev–Trinajstić information content (AvgIpc) is 2.88. The molecule has 0 saturated carbocycles. The van der Waals surface area contributed by atoms with Crippen molar-refractivity contribution in [3.63, 3.8) is 0 Å². The van der Waals surface area contributed by atoms with Gasteiger partial charge in [0.25, 0.3) is 5.91 Å². The average molecular weight is 208 g/mol. The standard InChI is InChI=1S/C11H16N2O2/c1-13(7-10-3-2-5-12-10)11(14)9-4-6-15-8-9/h4,6,8,10,12H,2-3,5,7H2,1H3. The van der Waals surface area contributed by atoms with Crippen LogP contribution in [0.25, 0.3) is 0 Å². The van der Waals surface area contributed by atoms with Gasteiger partial charge in [0.2, 0.25) is 0 Å². The number of nitrogens with one attached hydrogen (secondary N) is 1. The van der Waals surface area contributed by atoms with Crippen LogP contribution in [0.15, 0.2) is 23.0 Å². The Balaban J connectivity index is 1.90. The van der Waals surface area contributed by atoms with E-state index in [2.05, 4.69) is 5.32 Å². The molecule has 1 amide bonds. The van der Waals surface area contributed by atoms with Gasteiger partial charge < -0.3 is 14.6 Å². The molecule has 82 valence electrons.